The first-order valence-electron chi connectivity index (χ1n) is 10.0. The summed E-state index contributed by atoms with van der Waals surface area (Å²) in [5.74, 6) is 0. The molecule has 2 atom stereocenters. The molecule has 0 aliphatic carbocycles. The van der Waals surface area contributed by atoms with Gasteiger partial charge in [0.1, 0.15) is 0 Å². The molecule has 0 spiro atoms. The second kappa shape index (κ2) is 10.9. The van der Waals surface area contributed by atoms with Gasteiger partial charge in [-0.05, 0) is 64.3 Å². The van der Waals surface area contributed by atoms with Gasteiger partial charge in [0, 0.05) is 19.4 Å². The van der Waals surface area contributed by atoms with E-state index in [1.54, 1.807) is 33.1 Å². The highest BCUT2D eigenvalue weighted by molar-refractivity contribution is 6.89. The Bertz CT molecular complexity index is 533. The predicted octanol–water partition coefficient (Wildman–Crippen LogP) is 7.05. The zero-order valence-corrected chi connectivity index (χ0v) is 23.1. The molecule has 30 heavy (non-hydrogen) atoms. The molecule has 0 saturated carbocycles. The Kier molecular flexibility index (Phi) is 11.0. The van der Waals surface area contributed by atoms with Gasteiger partial charge in [-0.15, -0.1) is 0 Å². The molecule has 0 rings (SSSR count). The van der Waals surface area contributed by atoms with Crippen LogP contribution in [0.5, 0.6) is 0 Å². The lowest BCUT2D eigenvalue weighted by molar-refractivity contribution is -0.132. The average molecular weight is 519 g/mol. The van der Waals surface area contributed by atoms with Gasteiger partial charge >= 0.3 is 38.0 Å². The van der Waals surface area contributed by atoms with Crippen LogP contribution in [0.15, 0.2) is 0 Å². The van der Waals surface area contributed by atoms with Crippen LogP contribution in [0, 0.1) is 0 Å². The number of hydrogen-bond acceptors (Lipinski definition) is 4. The van der Waals surface area contributed by atoms with Crippen LogP contribution in [0.2, 0.25) is 57.4 Å². The Morgan fingerprint density at radius 3 is 1.40 bits per heavy atom. The van der Waals surface area contributed by atoms with E-state index in [1.807, 2.05) is 20.0 Å². The summed E-state index contributed by atoms with van der Waals surface area (Å²) in [5.41, 5.74) is 0. The van der Waals surface area contributed by atoms with Crippen LogP contribution in [0.1, 0.15) is 26.7 Å². The normalized spacial score (nSPS) is 18.2. The first kappa shape index (κ1) is 30.3. The van der Waals surface area contributed by atoms with Gasteiger partial charge in [-0.25, -0.2) is 0 Å². The molecule has 0 aromatic rings. The van der Waals surface area contributed by atoms with Crippen molar-refractivity contribution in [2.75, 3.05) is 6.61 Å². The third kappa shape index (κ3) is 13.6. The molecular weight excluding hydrogens is 483 g/mol. The molecule has 2 unspecified atom stereocenters. The minimum atomic E-state index is -4.35. The fourth-order valence-electron chi connectivity index (χ4n) is 3.04. The Balaban J connectivity index is 5.58. The first-order chi connectivity index (χ1) is 13.2. The largest absolute Gasteiger partial charge is 0.436 e. The summed E-state index contributed by atoms with van der Waals surface area (Å²) < 4.78 is 101. The highest BCUT2D eigenvalue weighted by Gasteiger charge is 2.49. The van der Waals surface area contributed by atoms with E-state index in [0.717, 1.165) is 0 Å². The maximum atomic E-state index is 12.9. The molecule has 0 aliphatic rings. The van der Waals surface area contributed by atoms with E-state index < -0.39 is 59.2 Å². The Morgan fingerprint density at radius 2 is 1.03 bits per heavy atom. The minimum absolute atomic E-state index is 0.181. The van der Waals surface area contributed by atoms with Crippen molar-refractivity contribution < 1.29 is 43.1 Å². The quantitative estimate of drug-likeness (QED) is 0.193. The zero-order valence-electron chi connectivity index (χ0n) is 19.1. The van der Waals surface area contributed by atoms with Gasteiger partial charge in [0.15, 0.2) is 8.32 Å². The summed E-state index contributed by atoms with van der Waals surface area (Å²) in [7, 11) is -12.0. The average Bonchev–Trinajstić information content (AvgIpc) is 2.48. The van der Waals surface area contributed by atoms with E-state index >= 15 is 0 Å². The number of hydrogen-bond donors (Lipinski definition) is 0. The minimum Gasteiger partial charge on any atom is -0.436 e. The molecule has 0 fully saturated rings. The van der Waals surface area contributed by atoms with Crippen molar-refractivity contribution in [3.63, 3.8) is 0 Å². The van der Waals surface area contributed by atoms with E-state index in [-0.39, 0.29) is 18.7 Å². The second-order valence-electron chi connectivity index (χ2n) is 8.75. The molecule has 0 amide bonds. The highest BCUT2D eigenvalue weighted by Crippen LogP contribution is 2.34. The monoisotopic (exact) mass is 518 g/mol. The van der Waals surface area contributed by atoms with Crippen molar-refractivity contribution in [3.05, 3.63) is 0 Å². The van der Waals surface area contributed by atoms with Crippen molar-refractivity contribution >= 4 is 34.0 Å². The van der Waals surface area contributed by atoms with Crippen molar-refractivity contribution in [2.45, 2.75) is 96.5 Å². The Hall–Kier alpha value is 0.288. The highest BCUT2D eigenvalue weighted by atomic mass is 28.5. The standard InChI is InChI=1S/C16H36F6O4Si4/c1-9-23-29(7,13-11-15(17,18)19)25-28(5,6)26-30(8,14-12-16(20,21)22)24-27(3,4)10-2/h9-14H2,1-8H3. The van der Waals surface area contributed by atoms with Crippen molar-refractivity contribution in [3.8, 4) is 0 Å². The van der Waals surface area contributed by atoms with Crippen LogP contribution in [0.4, 0.5) is 26.3 Å². The zero-order chi connectivity index (χ0) is 24.1. The van der Waals surface area contributed by atoms with Crippen LogP contribution < -0.4 is 0 Å². The lowest BCUT2D eigenvalue weighted by Gasteiger charge is -2.43. The summed E-state index contributed by atoms with van der Waals surface area (Å²) in [6.07, 6.45) is -10.8. The van der Waals surface area contributed by atoms with Crippen LogP contribution in [-0.2, 0) is 16.8 Å². The number of rotatable bonds is 13. The maximum Gasteiger partial charge on any atom is 0.389 e. The molecule has 0 aromatic carbocycles. The molecule has 4 nitrogen and oxygen atoms in total. The topological polar surface area (TPSA) is 36.9 Å². The fourth-order valence-corrected chi connectivity index (χ4v) is 21.4. The van der Waals surface area contributed by atoms with E-state index in [2.05, 4.69) is 0 Å². The van der Waals surface area contributed by atoms with E-state index in [9.17, 15) is 26.3 Å². The maximum absolute atomic E-state index is 12.9. The summed E-state index contributed by atoms with van der Waals surface area (Å²) in [6.45, 7) is 14.0. The van der Waals surface area contributed by atoms with Crippen molar-refractivity contribution in [1.82, 2.24) is 0 Å². The van der Waals surface area contributed by atoms with E-state index in [4.69, 9.17) is 16.8 Å². The summed E-state index contributed by atoms with van der Waals surface area (Å²) in [4.78, 5) is 0. The molecular formula is C16H36F6O4Si4. The summed E-state index contributed by atoms with van der Waals surface area (Å²) >= 11 is 0. The van der Waals surface area contributed by atoms with Gasteiger partial charge in [0.05, 0.1) is 0 Å². The third-order valence-electron chi connectivity index (χ3n) is 4.44. The van der Waals surface area contributed by atoms with Crippen LogP contribution in [0.25, 0.3) is 0 Å². The second-order valence-corrected chi connectivity index (χ2v) is 24.0. The van der Waals surface area contributed by atoms with Gasteiger partial charge in [-0.3, -0.25) is 0 Å². The molecule has 0 bridgehead atoms. The third-order valence-corrected chi connectivity index (χ3v) is 20.7. The summed E-state index contributed by atoms with van der Waals surface area (Å²) in [6, 6.07) is 0.105. The van der Waals surface area contributed by atoms with Crippen molar-refractivity contribution in [1.29, 1.82) is 0 Å². The van der Waals surface area contributed by atoms with E-state index in [1.165, 1.54) is 0 Å². The SMILES string of the molecule is CCO[Si](C)(CCC(F)(F)F)O[Si](C)(C)O[Si](C)(CCC(F)(F)F)O[Si](C)(C)CC. The lowest BCUT2D eigenvalue weighted by atomic mass is 10.5. The Morgan fingerprint density at radius 1 is 0.633 bits per heavy atom. The summed E-state index contributed by atoms with van der Waals surface area (Å²) in [5, 5.41) is 0. The molecule has 14 heteroatoms. The molecule has 0 heterocycles. The van der Waals surface area contributed by atoms with Crippen LogP contribution in [-0.4, -0.2) is 53.0 Å². The molecule has 0 N–H and O–H groups in total. The molecule has 0 aromatic heterocycles. The first-order valence-corrected chi connectivity index (χ1v) is 21.0. The lowest BCUT2D eigenvalue weighted by Crippen LogP contribution is -2.59. The van der Waals surface area contributed by atoms with Gasteiger partial charge < -0.3 is 16.8 Å². The smallest absolute Gasteiger partial charge is 0.389 e. The molecule has 182 valence electrons. The van der Waals surface area contributed by atoms with Crippen LogP contribution in [0.3, 0.4) is 0 Å². The molecule has 0 aliphatic heterocycles. The number of halogens is 6. The Labute approximate surface area is 180 Å². The number of alkyl halides is 6. The fraction of sp³-hybridized carbons (Fsp3) is 1.00. The van der Waals surface area contributed by atoms with Gasteiger partial charge in [-0.1, -0.05) is 6.92 Å². The predicted molar refractivity (Wildman–Crippen MR) is 115 cm³/mol. The van der Waals surface area contributed by atoms with E-state index in [0.29, 0.717) is 6.04 Å². The van der Waals surface area contributed by atoms with Gasteiger partial charge in [0.25, 0.3) is 0 Å². The van der Waals surface area contributed by atoms with Gasteiger partial charge in [0.2, 0.25) is 0 Å². The van der Waals surface area contributed by atoms with Gasteiger partial charge in [-0.2, -0.15) is 26.3 Å². The van der Waals surface area contributed by atoms with Crippen molar-refractivity contribution in [2.24, 2.45) is 0 Å². The molecule has 0 saturated heterocycles. The van der Waals surface area contributed by atoms with Crippen LogP contribution >= 0.6 is 0 Å². The molecule has 0 radical (unpaired) electrons.